The van der Waals surface area contributed by atoms with E-state index in [1.54, 1.807) is 0 Å². The summed E-state index contributed by atoms with van der Waals surface area (Å²) in [6.45, 7) is -0.0770. The molecule has 0 saturated carbocycles. The van der Waals surface area contributed by atoms with Crippen LogP contribution in [-0.4, -0.2) is 23.9 Å². The minimum atomic E-state index is -2.79. The van der Waals surface area contributed by atoms with E-state index in [4.69, 9.17) is 9.47 Å². The number of hydrogen-bond acceptors (Lipinski definition) is 2. The maximum atomic E-state index is 7.27. The topological polar surface area (TPSA) is 28.3 Å². The molecule has 336 valence electrons. The Morgan fingerprint density at radius 1 is 0.319 bits per heavy atom. The van der Waals surface area contributed by atoms with Crippen LogP contribution in [0.15, 0.2) is 261 Å². The Morgan fingerprint density at radius 3 is 1.57 bits per heavy atom. The van der Waals surface area contributed by atoms with Gasteiger partial charge in [-0.15, -0.1) is 0 Å². The molecule has 0 radical (unpaired) electrons. The Hall–Kier alpha value is -9.10. The Bertz CT molecular complexity index is 4190. The fourth-order valence-corrected chi connectivity index (χ4v) is 17.2. The Labute approximate surface area is 418 Å². The third-order valence-electron chi connectivity index (χ3n) is 15.4. The lowest BCUT2D eigenvalue weighted by Crippen LogP contribution is -2.74. The van der Waals surface area contributed by atoms with Crippen LogP contribution in [0.1, 0.15) is 0 Å². The van der Waals surface area contributed by atoms with E-state index in [1.165, 1.54) is 53.3 Å². The van der Waals surface area contributed by atoms with Crippen molar-refractivity contribution in [1.82, 2.24) is 9.13 Å². The van der Waals surface area contributed by atoms with E-state index in [0.29, 0.717) is 0 Å². The Morgan fingerprint density at radius 2 is 0.875 bits per heavy atom. The summed E-state index contributed by atoms with van der Waals surface area (Å²) in [5.74, 6) is 3.34. The van der Waals surface area contributed by atoms with Gasteiger partial charge in [0, 0.05) is 44.4 Å². The zero-order valence-corrected chi connectivity index (χ0v) is 40.1. The van der Waals surface area contributed by atoms with Crippen molar-refractivity contribution in [2.24, 2.45) is 0 Å². The van der Waals surface area contributed by atoms with E-state index in [0.717, 1.165) is 72.9 Å². The Kier molecular flexibility index (Phi) is 9.04. The van der Waals surface area contributed by atoms with Crippen LogP contribution in [0.5, 0.6) is 23.0 Å². The van der Waals surface area contributed by atoms with Crippen LogP contribution < -0.4 is 46.6 Å². The average molecular weight is 935 g/mol. The van der Waals surface area contributed by atoms with Gasteiger partial charge in [-0.05, 0) is 97.4 Å². The number of aromatic nitrogens is 2. The SMILES string of the molecule is c1ccc(-n2c3ccccc3c3ccc4c(c5ccccc5n4-c4ccc5c(c4)Oc4cc(-c6cccc([Si](c7ccccc7)(c7ccccc7)c7ccccc7)c6)cc6c4B5c4ccccc4O6)c32)cc1. The predicted molar refractivity (Wildman–Crippen MR) is 302 cm³/mol. The van der Waals surface area contributed by atoms with Crippen molar-refractivity contribution in [1.29, 1.82) is 0 Å². The molecule has 0 unspecified atom stereocenters. The molecule has 72 heavy (non-hydrogen) atoms. The first kappa shape index (κ1) is 40.8. The van der Waals surface area contributed by atoms with Crippen molar-refractivity contribution in [3.63, 3.8) is 0 Å². The van der Waals surface area contributed by atoms with Gasteiger partial charge in [-0.25, -0.2) is 0 Å². The molecule has 2 aliphatic rings. The summed E-state index contributed by atoms with van der Waals surface area (Å²) in [6.07, 6.45) is 0. The molecular formula is C66H43BN2O2Si. The van der Waals surface area contributed by atoms with Gasteiger partial charge in [0.1, 0.15) is 23.0 Å². The molecule has 0 fully saturated rings. The van der Waals surface area contributed by atoms with Gasteiger partial charge in [0.2, 0.25) is 0 Å². The van der Waals surface area contributed by atoms with E-state index in [2.05, 4.69) is 270 Å². The van der Waals surface area contributed by atoms with Crippen molar-refractivity contribution in [3.05, 3.63) is 261 Å². The second kappa shape index (κ2) is 16.0. The fourth-order valence-electron chi connectivity index (χ4n) is 12.4. The monoisotopic (exact) mass is 934 g/mol. The average Bonchev–Trinajstić information content (AvgIpc) is 3.97. The minimum Gasteiger partial charge on any atom is -0.458 e. The summed E-state index contributed by atoms with van der Waals surface area (Å²) in [5, 5.41) is 10.2. The number of rotatable bonds is 7. The van der Waals surface area contributed by atoms with E-state index >= 15 is 0 Å². The van der Waals surface area contributed by atoms with E-state index in [9.17, 15) is 0 Å². The van der Waals surface area contributed by atoms with E-state index in [-0.39, 0.29) is 6.71 Å². The van der Waals surface area contributed by atoms with Crippen LogP contribution in [0.4, 0.5) is 0 Å². The molecule has 2 aromatic heterocycles. The highest BCUT2D eigenvalue weighted by atomic mass is 28.3. The van der Waals surface area contributed by atoms with E-state index < -0.39 is 8.07 Å². The van der Waals surface area contributed by atoms with Gasteiger partial charge in [0.05, 0.1) is 22.1 Å². The quantitative estimate of drug-likeness (QED) is 0.118. The lowest BCUT2D eigenvalue weighted by molar-refractivity contribution is 0.465. The van der Waals surface area contributed by atoms with Crippen LogP contribution >= 0.6 is 0 Å². The molecule has 15 rings (SSSR count). The normalized spacial score (nSPS) is 12.6. The van der Waals surface area contributed by atoms with Crippen LogP contribution in [0, 0.1) is 0 Å². The molecule has 4 heterocycles. The number of para-hydroxylation sites is 4. The molecule has 11 aromatic carbocycles. The Balaban J connectivity index is 0.918. The number of nitrogens with zero attached hydrogens (tertiary/aromatic N) is 2. The molecule has 0 N–H and O–H groups in total. The summed E-state index contributed by atoms with van der Waals surface area (Å²) in [6, 6.07) is 95.3. The molecule has 6 heteroatoms. The third kappa shape index (κ3) is 5.93. The standard InChI is InChI=1S/C66H43BN2O2Si/c1-5-21-46(22-6-1)69-57-33-16-13-30-52(57)53-37-39-59-64(66(53)69)54-31-14-17-34-58(54)68(59)47-36-38-56-61(43-47)71-63-42-45(41-62-65(63)67(56)55-32-15-18-35-60(55)70-62)44-20-19-29-51(40-44)72(48-23-7-2-8-24-48,49-25-9-3-10-26-49)50-27-11-4-12-28-50/h1-43H. The highest BCUT2D eigenvalue weighted by Gasteiger charge is 2.43. The van der Waals surface area contributed by atoms with E-state index in [1.807, 2.05) is 0 Å². The van der Waals surface area contributed by atoms with Gasteiger partial charge in [-0.2, -0.15) is 0 Å². The van der Waals surface area contributed by atoms with Crippen LogP contribution in [-0.2, 0) is 0 Å². The second-order valence-electron chi connectivity index (χ2n) is 19.1. The molecule has 13 aromatic rings. The lowest BCUT2D eigenvalue weighted by Gasteiger charge is -2.35. The first-order valence-electron chi connectivity index (χ1n) is 24.8. The zero-order chi connectivity index (χ0) is 47.3. The molecule has 0 aliphatic carbocycles. The van der Waals surface area contributed by atoms with Crippen LogP contribution in [0.25, 0.3) is 66.1 Å². The number of benzene rings is 11. The second-order valence-corrected chi connectivity index (χ2v) is 22.9. The van der Waals surface area contributed by atoms with Crippen molar-refractivity contribution in [2.45, 2.75) is 0 Å². The zero-order valence-electron chi connectivity index (χ0n) is 39.1. The number of hydrogen-bond donors (Lipinski definition) is 0. The van der Waals surface area contributed by atoms with Gasteiger partial charge in [-0.1, -0.05) is 200 Å². The molecular weight excluding hydrogens is 892 g/mol. The van der Waals surface area contributed by atoms with Crippen molar-refractivity contribution < 1.29 is 9.47 Å². The van der Waals surface area contributed by atoms with Crippen molar-refractivity contribution >= 4 is 95.5 Å². The number of ether oxygens (including phenoxy) is 2. The smallest absolute Gasteiger partial charge is 0.260 e. The molecule has 4 nitrogen and oxygen atoms in total. The first-order valence-corrected chi connectivity index (χ1v) is 26.8. The van der Waals surface area contributed by atoms with Crippen molar-refractivity contribution in [3.8, 4) is 45.5 Å². The molecule has 0 bridgehead atoms. The maximum absolute atomic E-state index is 7.27. The van der Waals surface area contributed by atoms with Gasteiger partial charge < -0.3 is 18.6 Å². The summed E-state index contributed by atoms with van der Waals surface area (Å²) >= 11 is 0. The highest BCUT2D eigenvalue weighted by molar-refractivity contribution is 7.20. The maximum Gasteiger partial charge on any atom is 0.260 e. The largest absolute Gasteiger partial charge is 0.458 e. The fraction of sp³-hybridized carbons (Fsp3) is 0. The summed E-state index contributed by atoms with van der Waals surface area (Å²) in [7, 11) is -2.79. The van der Waals surface area contributed by atoms with Crippen molar-refractivity contribution in [2.75, 3.05) is 0 Å². The highest BCUT2D eigenvalue weighted by Crippen LogP contribution is 2.43. The van der Waals surface area contributed by atoms with Crippen LogP contribution in [0.3, 0.4) is 0 Å². The third-order valence-corrected chi connectivity index (χ3v) is 20.1. The van der Waals surface area contributed by atoms with Gasteiger partial charge >= 0.3 is 0 Å². The summed E-state index contributed by atoms with van der Waals surface area (Å²) < 4.78 is 19.0. The molecule has 0 atom stereocenters. The molecule has 0 spiro atoms. The lowest BCUT2D eigenvalue weighted by atomic mass is 9.35. The first-order chi connectivity index (χ1) is 35.7. The molecule has 2 aliphatic heterocycles. The van der Waals surface area contributed by atoms with Gasteiger partial charge in [-0.3, -0.25) is 0 Å². The molecule has 0 saturated heterocycles. The number of fused-ring (bicyclic) bond motifs is 11. The molecule has 0 amide bonds. The predicted octanol–water partition coefficient (Wildman–Crippen LogP) is 11.7. The minimum absolute atomic E-state index is 0.0770. The van der Waals surface area contributed by atoms with Gasteiger partial charge in [0.15, 0.2) is 8.07 Å². The summed E-state index contributed by atoms with van der Waals surface area (Å²) in [4.78, 5) is 0. The van der Waals surface area contributed by atoms with Crippen LogP contribution in [0.2, 0.25) is 0 Å². The van der Waals surface area contributed by atoms with Gasteiger partial charge in [0.25, 0.3) is 6.71 Å². The summed E-state index contributed by atoms with van der Waals surface area (Å²) in [5.41, 5.74) is 12.3.